The van der Waals surface area contributed by atoms with E-state index in [1.54, 1.807) is 24.4 Å². The normalized spacial score (nSPS) is 9.96. The van der Waals surface area contributed by atoms with Gasteiger partial charge in [0.05, 0.1) is 37.2 Å². The van der Waals surface area contributed by atoms with Crippen LogP contribution in [0.1, 0.15) is 5.69 Å². The van der Waals surface area contributed by atoms with E-state index in [0.29, 0.717) is 22.2 Å². The Hall–Kier alpha value is -2.80. The number of pyridine rings is 1. The average Bonchev–Trinajstić information content (AvgIpc) is 2.61. The molecule has 2 amide bonds. The van der Waals surface area contributed by atoms with E-state index in [2.05, 4.69) is 15.6 Å². The molecule has 0 aliphatic rings. The summed E-state index contributed by atoms with van der Waals surface area (Å²) in [6.07, 6.45) is 1.60. The smallest absolute Gasteiger partial charge is 0.313 e. The molecule has 0 spiro atoms. The van der Waals surface area contributed by atoms with Crippen molar-refractivity contribution in [1.29, 1.82) is 0 Å². The fourth-order valence-electron chi connectivity index (χ4n) is 1.89. The maximum absolute atomic E-state index is 12.0. The zero-order chi connectivity index (χ0) is 17.5. The molecule has 0 fully saturated rings. The summed E-state index contributed by atoms with van der Waals surface area (Å²) >= 11 is 5.99. The van der Waals surface area contributed by atoms with Gasteiger partial charge in [0.1, 0.15) is 11.5 Å². The number of anilines is 1. The van der Waals surface area contributed by atoms with Crippen molar-refractivity contribution < 1.29 is 19.1 Å². The minimum atomic E-state index is -0.839. The van der Waals surface area contributed by atoms with Crippen molar-refractivity contribution in [2.24, 2.45) is 0 Å². The first kappa shape index (κ1) is 17.6. The van der Waals surface area contributed by atoms with Crippen LogP contribution in [-0.2, 0) is 16.1 Å². The minimum Gasteiger partial charge on any atom is -0.495 e. The molecule has 1 aromatic heterocycles. The number of hydrogen-bond donors (Lipinski definition) is 2. The monoisotopic (exact) mass is 349 g/mol. The number of hydrogen-bond acceptors (Lipinski definition) is 5. The van der Waals surface area contributed by atoms with Crippen molar-refractivity contribution in [1.82, 2.24) is 10.3 Å². The van der Waals surface area contributed by atoms with Gasteiger partial charge in [0.25, 0.3) is 0 Å². The van der Waals surface area contributed by atoms with Crippen molar-refractivity contribution in [3.8, 4) is 11.5 Å². The molecule has 24 heavy (non-hydrogen) atoms. The minimum absolute atomic E-state index is 0.147. The molecule has 1 heterocycles. The summed E-state index contributed by atoms with van der Waals surface area (Å²) in [6, 6.07) is 8.26. The first-order valence-electron chi connectivity index (χ1n) is 6.95. The van der Waals surface area contributed by atoms with E-state index in [0.717, 1.165) is 0 Å². The summed E-state index contributed by atoms with van der Waals surface area (Å²) in [5, 5.41) is 5.28. The zero-order valence-corrected chi connectivity index (χ0v) is 13.9. The average molecular weight is 350 g/mol. The van der Waals surface area contributed by atoms with Crippen molar-refractivity contribution in [3.05, 3.63) is 47.2 Å². The van der Waals surface area contributed by atoms with Crippen LogP contribution in [0.25, 0.3) is 0 Å². The quantitative estimate of drug-likeness (QED) is 0.806. The maximum Gasteiger partial charge on any atom is 0.313 e. The number of nitrogens with zero attached hydrogens (tertiary/aromatic N) is 1. The molecule has 0 aliphatic carbocycles. The standard InChI is InChI=1S/C16H16ClN3O4/c1-23-13-8-12(14(24-2)7-11(13)17)20-16(22)15(21)19-9-10-5-3-4-6-18-10/h3-8H,9H2,1-2H3,(H,19,21)(H,20,22). The highest BCUT2D eigenvalue weighted by Crippen LogP contribution is 2.35. The van der Waals surface area contributed by atoms with Crippen LogP contribution >= 0.6 is 11.6 Å². The molecule has 1 aromatic carbocycles. The Labute approximate surface area is 143 Å². The number of carbonyl (C=O) groups is 2. The summed E-state index contributed by atoms with van der Waals surface area (Å²) < 4.78 is 10.2. The third-order valence-corrected chi connectivity index (χ3v) is 3.38. The lowest BCUT2D eigenvalue weighted by Crippen LogP contribution is -2.35. The van der Waals surface area contributed by atoms with Crippen LogP contribution in [0.15, 0.2) is 36.5 Å². The van der Waals surface area contributed by atoms with E-state index in [1.165, 1.54) is 26.4 Å². The van der Waals surface area contributed by atoms with Gasteiger partial charge in [-0.05, 0) is 12.1 Å². The third kappa shape index (κ3) is 4.36. The molecular formula is C16H16ClN3O4. The first-order valence-corrected chi connectivity index (χ1v) is 7.33. The Morgan fingerprint density at radius 2 is 1.88 bits per heavy atom. The van der Waals surface area contributed by atoms with Gasteiger partial charge in [-0.2, -0.15) is 0 Å². The number of rotatable bonds is 5. The van der Waals surface area contributed by atoms with E-state index in [4.69, 9.17) is 21.1 Å². The summed E-state index contributed by atoms with van der Waals surface area (Å²) in [5.41, 5.74) is 0.918. The van der Waals surface area contributed by atoms with Crippen molar-refractivity contribution in [3.63, 3.8) is 0 Å². The molecule has 0 bridgehead atoms. The van der Waals surface area contributed by atoms with Gasteiger partial charge in [0, 0.05) is 18.3 Å². The lowest BCUT2D eigenvalue weighted by atomic mass is 10.2. The molecule has 0 unspecified atom stereocenters. The molecule has 2 N–H and O–H groups in total. The molecule has 0 saturated carbocycles. The number of amides is 2. The molecule has 7 nitrogen and oxygen atoms in total. The number of halogens is 1. The Morgan fingerprint density at radius 1 is 1.12 bits per heavy atom. The van der Waals surface area contributed by atoms with Gasteiger partial charge in [-0.25, -0.2) is 0 Å². The highest BCUT2D eigenvalue weighted by atomic mass is 35.5. The third-order valence-electron chi connectivity index (χ3n) is 3.08. The topological polar surface area (TPSA) is 89.5 Å². The molecule has 0 saturated heterocycles. The molecular weight excluding hydrogens is 334 g/mol. The number of aromatic nitrogens is 1. The molecule has 0 radical (unpaired) electrons. The van der Waals surface area contributed by atoms with Crippen LogP contribution in [0.3, 0.4) is 0 Å². The Balaban J connectivity index is 2.04. The number of ether oxygens (including phenoxy) is 2. The van der Waals surface area contributed by atoms with Crippen molar-refractivity contribution in [2.75, 3.05) is 19.5 Å². The highest BCUT2D eigenvalue weighted by molar-refractivity contribution is 6.40. The Bertz CT molecular complexity index is 738. The van der Waals surface area contributed by atoms with Crippen LogP contribution in [0.4, 0.5) is 5.69 Å². The van der Waals surface area contributed by atoms with Crippen LogP contribution in [0.2, 0.25) is 5.02 Å². The number of benzene rings is 1. The Kier molecular flexibility index (Phi) is 5.97. The van der Waals surface area contributed by atoms with Gasteiger partial charge in [0.2, 0.25) is 0 Å². The van der Waals surface area contributed by atoms with Gasteiger partial charge in [-0.15, -0.1) is 0 Å². The summed E-state index contributed by atoms with van der Waals surface area (Å²) in [6.45, 7) is 0.147. The second-order valence-electron chi connectivity index (χ2n) is 4.64. The molecule has 2 rings (SSSR count). The van der Waals surface area contributed by atoms with Gasteiger partial charge >= 0.3 is 11.8 Å². The largest absolute Gasteiger partial charge is 0.495 e. The van der Waals surface area contributed by atoms with Crippen molar-refractivity contribution in [2.45, 2.75) is 6.54 Å². The highest BCUT2D eigenvalue weighted by Gasteiger charge is 2.17. The van der Waals surface area contributed by atoms with Gasteiger partial charge in [0.15, 0.2) is 0 Å². The maximum atomic E-state index is 12.0. The fraction of sp³-hybridized carbons (Fsp3) is 0.188. The fourth-order valence-corrected chi connectivity index (χ4v) is 2.12. The lowest BCUT2D eigenvalue weighted by Gasteiger charge is -2.13. The van der Waals surface area contributed by atoms with Crippen LogP contribution < -0.4 is 20.1 Å². The molecule has 0 atom stereocenters. The molecule has 2 aromatic rings. The number of methoxy groups -OCH3 is 2. The summed E-state index contributed by atoms with van der Waals surface area (Å²) in [5.74, 6) is -0.974. The van der Waals surface area contributed by atoms with Crippen LogP contribution in [-0.4, -0.2) is 31.0 Å². The second-order valence-corrected chi connectivity index (χ2v) is 5.05. The lowest BCUT2D eigenvalue weighted by molar-refractivity contribution is -0.136. The summed E-state index contributed by atoms with van der Waals surface area (Å²) in [4.78, 5) is 28.0. The van der Waals surface area contributed by atoms with Gasteiger partial charge in [-0.3, -0.25) is 14.6 Å². The van der Waals surface area contributed by atoms with E-state index in [1.807, 2.05) is 0 Å². The van der Waals surface area contributed by atoms with E-state index < -0.39 is 11.8 Å². The van der Waals surface area contributed by atoms with E-state index in [-0.39, 0.29) is 12.2 Å². The molecule has 126 valence electrons. The number of nitrogens with one attached hydrogen (secondary N) is 2. The molecule has 8 heteroatoms. The SMILES string of the molecule is COc1cc(NC(=O)C(=O)NCc2ccccn2)c(OC)cc1Cl. The van der Waals surface area contributed by atoms with Gasteiger partial charge in [-0.1, -0.05) is 17.7 Å². The van der Waals surface area contributed by atoms with Gasteiger partial charge < -0.3 is 20.1 Å². The Morgan fingerprint density at radius 3 is 2.50 bits per heavy atom. The van der Waals surface area contributed by atoms with Crippen LogP contribution in [0.5, 0.6) is 11.5 Å². The zero-order valence-electron chi connectivity index (χ0n) is 13.1. The van der Waals surface area contributed by atoms with Crippen LogP contribution in [0, 0.1) is 0 Å². The first-order chi connectivity index (χ1) is 11.5. The summed E-state index contributed by atoms with van der Waals surface area (Å²) in [7, 11) is 2.87. The number of carbonyl (C=O) groups excluding carboxylic acids is 2. The van der Waals surface area contributed by atoms with E-state index in [9.17, 15) is 9.59 Å². The second kappa shape index (κ2) is 8.16. The predicted octanol–water partition coefficient (Wildman–Crippen LogP) is 2.01. The van der Waals surface area contributed by atoms with Crippen molar-refractivity contribution >= 4 is 29.1 Å². The predicted molar refractivity (Wildman–Crippen MR) is 89.3 cm³/mol. The molecule has 0 aliphatic heterocycles. The van der Waals surface area contributed by atoms with E-state index >= 15 is 0 Å².